The molecule has 0 aliphatic carbocycles. The van der Waals surface area contributed by atoms with Crippen molar-refractivity contribution in [3.05, 3.63) is 63.4 Å². The van der Waals surface area contributed by atoms with Crippen LogP contribution in [0.15, 0.2) is 58.4 Å². The fraction of sp³-hybridized carbons (Fsp3) is 0.286. The van der Waals surface area contributed by atoms with Crippen LogP contribution >= 0.6 is 27.3 Å². The van der Waals surface area contributed by atoms with E-state index in [1.165, 1.54) is 16.3 Å². The summed E-state index contributed by atoms with van der Waals surface area (Å²) in [5, 5.41) is 3.34. The highest BCUT2D eigenvalue weighted by Gasteiger charge is 2.20. The number of benzene rings is 2. The number of hydrogen-bond acceptors (Lipinski definition) is 5. The third kappa shape index (κ3) is 4.34. The van der Waals surface area contributed by atoms with Gasteiger partial charge >= 0.3 is 0 Å². The Morgan fingerprint density at radius 3 is 2.52 bits per heavy atom. The van der Waals surface area contributed by atoms with Crippen molar-refractivity contribution < 1.29 is 4.74 Å². The van der Waals surface area contributed by atoms with Gasteiger partial charge in [0.2, 0.25) is 0 Å². The summed E-state index contributed by atoms with van der Waals surface area (Å²) in [4.78, 5) is 9.73. The Morgan fingerprint density at radius 2 is 1.78 bits per heavy atom. The summed E-state index contributed by atoms with van der Waals surface area (Å²) in [6.07, 6.45) is 0. The van der Waals surface area contributed by atoms with Gasteiger partial charge in [-0.3, -0.25) is 4.90 Å². The van der Waals surface area contributed by atoms with E-state index in [1.807, 2.05) is 12.1 Å². The molecule has 1 aliphatic heterocycles. The van der Waals surface area contributed by atoms with Gasteiger partial charge in [-0.25, -0.2) is 4.98 Å². The van der Waals surface area contributed by atoms with Gasteiger partial charge < -0.3 is 9.64 Å². The van der Waals surface area contributed by atoms with Gasteiger partial charge in [-0.2, -0.15) is 0 Å². The van der Waals surface area contributed by atoms with Crippen molar-refractivity contribution in [2.45, 2.75) is 6.54 Å². The highest BCUT2D eigenvalue weighted by molar-refractivity contribution is 9.10. The zero-order valence-electron chi connectivity index (χ0n) is 15.3. The number of aromatic nitrogens is 1. The predicted octanol–water partition coefficient (Wildman–Crippen LogP) is 4.90. The van der Waals surface area contributed by atoms with Crippen molar-refractivity contribution >= 4 is 33.0 Å². The Balaban J connectivity index is 1.36. The van der Waals surface area contributed by atoms with Gasteiger partial charge in [-0.15, -0.1) is 11.3 Å². The van der Waals surface area contributed by atoms with E-state index in [-0.39, 0.29) is 0 Å². The highest BCUT2D eigenvalue weighted by atomic mass is 79.9. The zero-order valence-corrected chi connectivity index (χ0v) is 17.7. The summed E-state index contributed by atoms with van der Waals surface area (Å²) < 4.78 is 6.60. The standard InChI is InChI=1S/C21H22BrN3OS/c1-26-20-5-3-2-4-19(20)25-12-10-24(11-13-25)14-21-23-18(15-27-21)16-6-8-17(22)9-7-16/h2-9,15H,10-14H2,1H3. The molecule has 6 heteroatoms. The molecule has 0 saturated carbocycles. The first-order chi connectivity index (χ1) is 13.2. The van der Waals surface area contributed by atoms with Crippen LogP contribution in [0.4, 0.5) is 5.69 Å². The second kappa shape index (κ2) is 8.42. The van der Waals surface area contributed by atoms with Gasteiger partial charge in [-0.05, 0) is 24.3 Å². The lowest BCUT2D eigenvalue weighted by Crippen LogP contribution is -2.46. The molecule has 27 heavy (non-hydrogen) atoms. The molecule has 3 aromatic rings. The smallest absolute Gasteiger partial charge is 0.142 e. The molecule has 4 nitrogen and oxygen atoms in total. The van der Waals surface area contributed by atoms with Crippen molar-refractivity contribution in [1.29, 1.82) is 0 Å². The molecule has 0 N–H and O–H groups in total. The van der Waals surface area contributed by atoms with Gasteiger partial charge in [0, 0.05) is 41.6 Å². The van der Waals surface area contributed by atoms with Gasteiger partial charge in [0.05, 0.1) is 25.0 Å². The van der Waals surface area contributed by atoms with E-state index >= 15 is 0 Å². The minimum Gasteiger partial charge on any atom is -0.495 e. The summed E-state index contributed by atoms with van der Waals surface area (Å²) >= 11 is 5.23. The maximum absolute atomic E-state index is 5.51. The molecule has 0 radical (unpaired) electrons. The van der Waals surface area contributed by atoms with E-state index in [2.05, 4.69) is 67.5 Å². The van der Waals surface area contributed by atoms with Gasteiger partial charge in [0.25, 0.3) is 0 Å². The molecule has 2 aromatic carbocycles. The van der Waals surface area contributed by atoms with E-state index < -0.39 is 0 Å². The van der Waals surface area contributed by atoms with Gasteiger partial charge in [-0.1, -0.05) is 40.2 Å². The molecule has 1 saturated heterocycles. The first kappa shape index (κ1) is 18.5. The number of nitrogens with zero attached hydrogens (tertiary/aromatic N) is 3. The largest absolute Gasteiger partial charge is 0.495 e. The molecule has 140 valence electrons. The molecule has 0 amide bonds. The van der Waals surface area contributed by atoms with Crippen molar-refractivity contribution in [1.82, 2.24) is 9.88 Å². The van der Waals surface area contributed by atoms with Crippen LogP contribution in [0, 0.1) is 0 Å². The van der Waals surface area contributed by atoms with E-state index in [1.54, 1.807) is 18.4 Å². The van der Waals surface area contributed by atoms with Crippen molar-refractivity contribution in [3.63, 3.8) is 0 Å². The number of methoxy groups -OCH3 is 1. The molecule has 2 heterocycles. The third-order valence-electron chi connectivity index (χ3n) is 4.85. The van der Waals surface area contributed by atoms with Crippen LogP contribution in [0.2, 0.25) is 0 Å². The summed E-state index contributed by atoms with van der Waals surface area (Å²) in [5.41, 5.74) is 3.42. The second-order valence-electron chi connectivity index (χ2n) is 6.57. The fourth-order valence-corrected chi connectivity index (χ4v) is 4.47. The molecule has 1 fully saturated rings. The average molecular weight is 444 g/mol. The predicted molar refractivity (Wildman–Crippen MR) is 116 cm³/mol. The first-order valence-electron chi connectivity index (χ1n) is 9.03. The zero-order chi connectivity index (χ0) is 18.6. The van der Waals surface area contributed by atoms with Crippen LogP contribution in [-0.2, 0) is 6.54 Å². The van der Waals surface area contributed by atoms with Crippen LogP contribution in [0.25, 0.3) is 11.3 Å². The third-order valence-corrected chi connectivity index (χ3v) is 6.21. The number of para-hydroxylation sites is 2. The number of hydrogen-bond donors (Lipinski definition) is 0. The van der Waals surface area contributed by atoms with Crippen LogP contribution in [0.1, 0.15) is 5.01 Å². The number of halogens is 1. The van der Waals surface area contributed by atoms with Crippen LogP contribution in [0.5, 0.6) is 5.75 Å². The van der Waals surface area contributed by atoms with Crippen LogP contribution < -0.4 is 9.64 Å². The molecule has 0 bridgehead atoms. The average Bonchev–Trinajstić information content (AvgIpc) is 3.17. The van der Waals surface area contributed by atoms with Gasteiger partial charge in [0.1, 0.15) is 10.8 Å². The lowest BCUT2D eigenvalue weighted by atomic mass is 10.2. The van der Waals surface area contributed by atoms with Gasteiger partial charge in [0.15, 0.2) is 0 Å². The topological polar surface area (TPSA) is 28.6 Å². The van der Waals surface area contributed by atoms with Crippen molar-refractivity contribution in [2.75, 3.05) is 38.2 Å². The normalized spacial score (nSPS) is 15.1. The first-order valence-corrected chi connectivity index (χ1v) is 10.7. The van der Waals surface area contributed by atoms with Crippen molar-refractivity contribution in [2.24, 2.45) is 0 Å². The monoisotopic (exact) mass is 443 g/mol. The molecular formula is C21H22BrN3OS. The Morgan fingerprint density at radius 1 is 1.04 bits per heavy atom. The molecule has 1 aromatic heterocycles. The molecule has 0 spiro atoms. The lowest BCUT2D eigenvalue weighted by molar-refractivity contribution is 0.249. The Labute approximate surface area is 172 Å². The fourth-order valence-electron chi connectivity index (χ4n) is 3.37. The lowest BCUT2D eigenvalue weighted by Gasteiger charge is -2.36. The molecule has 4 rings (SSSR count). The van der Waals surface area contributed by atoms with Crippen molar-refractivity contribution in [3.8, 4) is 17.0 Å². The number of anilines is 1. The molecule has 1 aliphatic rings. The summed E-state index contributed by atoms with van der Waals surface area (Å²) in [6.45, 7) is 4.99. The van der Waals surface area contributed by atoms with E-state index in [0.29, 0.717) is 0 Å². The number of rotatable bonds is 5. The van der Waals surface area contributed by atoms with E-state index in [0.717, 1.165) is 48.6 Å². The molecule has 0 unspecified atom stereocenters. The maximum Gasteiger partial charge on any atom is 0.142 e. The molecular weight excluding hydrogens is 422 g/mol. The van der Waals surface area contributed by atoms with Crippen LogP contribution in [-0.4, -0.2) is 43.2 Å². The maximum atomic E-state index is 5.51. The minimum absolute atomic E-state index is 0.918. The quantitative estimate of drug-likeness (QED) is 0.560. The minimum atomic E-state index is 0.918. The molecule has 0 atom stereocenters. The Kier molecular flexibility index (Phi) is 5.76. The SMILES string of the molecule is COc1ccccc1N1CCN(Cc2nc(-c3ccc(Br)cc3)cs2)CC1. The van der Waals surface area contributed by atoms with E-state index in [4.69, 9.17) is 9.72 Å². The Bertz CT molecular complexity index is 888. The number of ether oxygens (including phenoxy) is 1. The Hall–Kier alpha value is -1.89. The van der Waals surface area contributed by atoms with Crippen LogP contribution in [0.3, 0.4) is 0 Å². The highest BCUT2D eigenvalue weighted by Crippen LogP contribution is 2.29. The number of piperazine rings is 1. The summed E-state index contributed by atoms with van der Waals surface area (Å²) in [5.74, 6) is 0.949. The summed E-state index contributed by atoms with van der Waals surface area (Å²) in [6, 6.07) is 16.6. The van der Waals surface area contributed by atoms with E-state index in [9.17, 15) is 0 Å². The second-order valence-corrected chi connectivity index (χ2v) is 8.43. The number of thiazole rings is 1. The summed E-state index contributed by atoms with van der Waals surface area (Å²) in [7, 11) is 1.74.